The zero-order valence-electron chi connectivity index (χ0n) is 18.2. The minimum Gasteiger partial charge on any atom is -0.452 e. The third-order valence-corrected chi connectivity index (χ3v) is 5.53. The topological polar surface area (TPSA) is 102 Å². The van der Waals surface area contributed by atoms with Gasteiger partial charge in [-0.05, 0) is 44.0 Å². The molecule has 3 heterocycles. The van der Waals surface area contributed by atoms with Gasteiger partial charge in [0, 0.05) is 13.1 Å². The van der Waals surface area contributed by atoms with Crippen molar-refractivity contribution in [2.24, 2.45) is 5.92 Å². The van der Waals surface area contributed by atoms with Gasteiger partial charge in [0.2, 0.25) is 0 Å². The molecule has 4 rings (SSSR count). The number of aromatic nitrogens is 4. The predicted molar refractivity (Wildman–Crippen MR) is 111 cm³/mol. The summed E-state index contributed by atoms with van der Waals surface area (Å²) in [6.07, 6.45) is -5.44. The molecule has 2 aromatic heterocycles. The standard InChI is InChI=1S/C21H19F5N6O3/c1-11(18(33)27-17-13(22)3-2-4-14(17)23)35-19(34)12-7-9-31(10-8-12)16-6-5-15-28-29-20(21(24,25)26)32(15)30-16/h2-6,11-12H,7-10H2,1H3,(H,27,33). The molecule has 1 fully saturated rings. The van der Waals surface area contributed by atoms with E-state index in [4.69, 9.17) is 4.74 Å². The first-order valence-corrected chi connectivity index (χ1v) is 10.5. The van der Waals surface area contributed by atoms with Crippen LogP contribution in [0.25, 0.3) is 5.65 Å². The molecule has 0 bridgehead atoms. The van der Waals surface area contributed by atoms with Crippen LogP contribution in [0.4, 0.5) is 33.5 Å². The van der Waals surface area contributed by atoms with E-state index in [0.29, 0.717) is 30.4 Å². The summed E-state index contributed by atoms with van der Waals surface area (Å²) in [6.45, 7) is 1.86. The number of nitrogens with zero attached hydrogens (tertiary/aromatic N) is 5. The van der Waals surface area contributed by atoms with Crippen LogP contribution in [0.15, 0.2) is 30.3 Å². The maximum atomic E-state index is 13.7. The fourth-order valence-electron chi connectivity index (χ4n) is 3.63. The molecule has 1 aliphatic heterocycles. The Bertz CT molecular complexity index is 1240. The second-order valence-electron chi connectivity index (χ2n) is 7.91. The molecule has 35 heavy (non-hydrogen) atoms. The Kier molecular flexibility index (Phi) is 6.54. The number of fused-ring (bicyclic) bond motifs is 1. The van der Waals surface area contributed by atoms with E-state index in [1.807, 2.05) is 0 Å². The Morgan fingerprint density at radius 3 is 2.37 bits per heavy atom. The third kappa shape index (κ3) is 5.15. The molecule has 0 spiro atoms. The second kappa shape index (κ2) is 9.43. The Balaban J connectivity index is 1.34. The van der Waals surface area contributed by atoms with Crippen LogP contribution < -0.4 is 10.2 Å². The van der Waals surface area contributed by atoms with Crippen molar-refractivity contribution < 1.29 is 36.3 Å². The molecule has 186 valence electrons. The summed E-state index contributed by atoms with van der Waals surface area (Å²) in [5, 5.41) is 12.7. The molecule has 1 N–H and O–H groups in total. The summed E-state index contributed by atoms with van der Waals surface area (Å²) < 4.78 is 72.5. The van der Waals surface area contributed by atoms with Gasteiger partial charge < -0.3 is 15.0 Å². The second-order valence-corrected chi connectivity index (χ2v) is 7.91. The van der Waals surface area contributed by atoms with Gasteiger partial charge in [-0.2, -0.15) is 17.7 Å². The molecular formula is C21H19F5N6O3. The third-order valence-electron chi connectivity index (χ3n) is 5.53. The minimum absolute atomic E-state index is 0.0536. The number of hydrogen-bond donors (Lipinski definition) is 1. The summed E-state index contributed by atoms with van der Waals surface area (Å²) in [7, 11) is 0. The van der Waals surface area contributed by atoms with Crippen molar-refractivity contribution in [2.75, 3.05) is 23.3 Å². The van der Waals surface area contributed by atoms with Crippen LogP contribution in [-0.2, 0) is 20.5 Å². The van der Waals surface area contributed by atoms with Gasteiger partial charge >= 0.3 is 12.1 Å². The van der Waals surface area contributed by atoms with Gasteiger partial charge in [0.25, 0.3) is 11.7 Å². The highest BCUT2D eigenvalue weighted by Gasteiger charge is 2.38. The van der Waals surface area contributed by atoms with Crippen molar-refractivity contribution >= 4 is 29.0 Å². The molecule has 0 radical (unpaired) electrons. The number of anilines is 2. The fourth-order valence-corrected chi connectivity index (χ4v) is 3.63. The van der Waals surface area contributed by atoms with E-state index in [1.54, 1.807) is 4.90 Å². The molecule has 1 aromatic carbocycles. The van der Waals surface area contributed by atoms with Crippen molar-refractivity contribution in [3.05, 3.63) is 47.8 Å². The summed E-state index contributed by atoms with van der Waals surface area (Å²) in [4.78, 5) is 26.4. The molecule has 0 aliphatic carbocycles. The zero-order chi connectivity index (χ0) is 25.3. The summed E-state index contributed by atoms with van der Waals surface area (Å²) in [6, 6.07) is 5.97. The van der Waals surface area contributed by atoms with Gasteiger partial charge in [0.15, 0.2) is 11.8 Å². The van der Waals surface area contributed by atoms with Gasteiger partial charge in [-0.1, -0.05) is 6.07 Å². The number of nitrogens with one attached hydrogen (secondary N) is 1. The van der Waals surface area contributed by atoms with E-state index >= 15 is 0 Å². The lowest BCUT2D eigenvalue weighted by Gasteiger charge is -2.32. The van der Waals surface area contributed by atoms with Gasteiger partial charge in [-0.25, -0.2) is 8.78 Å². The number of piperidine rings is 1. The first-order chi connectivity index (χ1) is 16.5. The van der Waals surface area contributed by atoms with Crippen LogP contribution in [0.1, 0.15) is 25.6 Å². The molecular weight excluding hydrogens is 479 g/mol. The number of alkyl halides is 3. The maximum absolute atomic E-state index is 13.7. The van der Waals surface area contributed by atoms with Crippen LogP contribution in [0.5, 0.6) is 0 Å². The van der Waals surface area contributed by atoms with Crippen molar-refractivity contribution in [1.82, 2.24) is 19.8 Å². The van der Waals surface area contributed by atoms with E-state index in [0.717, 1.165) is 18.2 Å². The van der Waals surface area contributed by atoms with Crippen LogP contribution in [0.2, 0.25) is 0 Å². The number of amides is 1. The highest BCUT2D eigenvalue weighted by Crippen LogP contribution is 2.29. The van der Waals surface area contributed by atoms with Gasteiger partial charge in [-0.15, -0.1) is 15.3 Å². The Morgan fingerprint density at radius 1 is 1.09 bits per heavy atom. The van der Waals surface area contributed by atoms with Gasteiger partial charge in [-0.3, -0.25) is 9.59 Å². The number of carbonyl (C=O) groups excluding carboxylic acids is 2. The Labute approximate surface area is 194 Å². The van der Waals surface area contributed by atoms with E-state index in [9.17, 15) is 31.5 Å². The SMILES string of the molecule is CC(OC(=O)C1CCN(c2ccc3nnc(C(F)(F)F)n3n2)CC1)C(=O)Nc1c(F)cccc1F. The molecule has 1 aliphatic rings. The number of para-hydroxylation sites is 1. The van der Waals surface area contributed by atoms with Crippen LogP contribution in [0.3, 0.4) is 0 Å². The van der Waals surface area contributed by atoms with Crippen molar-refractivity contribution in [1.29, 1.82) is 0 Å². The molecule has 1 unspecified atom stereocenters. The molecule has 14 heteroatoms. The highest BCUT2D eigenvalue weighted by molar-refractivity contribution is 5.95. The van der Waals surface area contributed by atoms with Crippen molar-refractivity contribution in [3.8, 4) is 0 Å². The molecule has 9 nitrogen and oxygen atoms in total. The molecule has 1 atom stereocenters. The lowest BCUT2D eigenvalue weighted by atomic mass is 9.97. The quantitative estimate of drug-likeness (QED) is 0.426. The average molecular weight is 498 g/mol. The smallest absolute Gasteiger partial charge is 0.452 e. The number of halogens is 5. The number of ether oxygens (including phenoxy) is 1. The van der Waals surface area contributed by atoms with Crippen LogP contribution in [-0.4, -0.2) is 50.9 Å². The van der Waals surface area contributed by atoms with Crippen molar-refractivity contribution in [3.63, 3.8) is 0 Å². The number of benzene rings is 1. The van der Waals surface area contributed by atoms with Crippen LogP contribution >= 0.6 is 0 Å². The molecule has 1 saturated heterocycles. The summed E-state index contributed by atoms with van der Waals surface area (Å²) in [5.41, 5.74) is -0.693. The zero-order valence-corrected chi connectivity index (χ0v) is 18.2. The summed E-state index contributed by atoms with van der Waals surface area (Å²) >= 11 is 0. The van der Waals surface area contributed by atoms with E-state index in [2.05, 4.69) is 20.6 Å². The summed E-state index contributed by atoms with van der Waals surface area (Å²) in [5.74, 6) is -5.05. The Hall–Kier alpha value is -3.84. The molecule has 1 amide bonds. The number of carbonyl (C=O) groups is 2. The minimum atomic E-state index is -4.72. The van der Waals surface area contributed by atoms with Crippen molar-refractivity contribution in [2.45, 2.75) is 32.0 Å². The number of rotatable bonds is 5. The first kappa shape index (κ1) is 24.3. The maximum Gasteiger partial charge on any atom is 0.453 e. The van der Waals surface area contributed by atoms with Crippen LogP contribution in [0, 0.1) is 17.6 Å². The normalized spacial score (nSPS) is 15.8. The number of esters is 1. The van der Waals surface area contributed by atoms with E-state index in [1.165, 1.54) is 19.1 Å². The largest absolute Gasteiger partial charge is 0.453 e. The van der Waals surface area contributed by atoms with E-state index in [-0.39, 0.29) is 11.5 Å². The monoisotopic (exact) mass is 498 g/mol. The Morgan fingerprint density at radius 2 is 1.74 bits per heavy atom. The average Bonchev–Trinajstić information content (AvgIpc) is 3.25. The fraction of sp³-hybridized carbons (Fsp3) is 0.381. The van der Waals surface area contributed by atoms with Gasteiger partial charge in [0.05, 0.1) is 5.92 Å². The molecule has 3 aromatic rings. The van der Waals surface area contributed by atoms with Gasteiger partial charge in [0.1, 0.15) is 23.1 Å². The highest BCUT2D eigenvalue weighted by atomic mass is 19.4. The number of hydrogen-bond acceptors (Lipinski definition) is 7. The lowest BCUT2D eigenvalue weighted by Crippen LogP contribution is -2.39. The van der Waals surface area contributed by atoms with E-state index < -0.39 is 53.2 Å². The lowest BCUT2D eigenvalue weighted by molar-refractivity contribution is -0.158. The first-order valence-electron chi connectivity index (χ1n) is 10.5. The predicted octanol–water partition coefficient (Wildman–Crippen LogP) is 3.21. The molecule has 0 saturated carbocycles.